The lowest BCUT2D eigenvalue weighted by molar-refractivity contribution is -0.132. The van der Waals surface area contributed by atoms with E-state index in [0.717, 1.165) is 0 Å². The number of carboxylic acid groups (broad SMARTS) is 1. The van der Waals surface area contributed by atoms with Crippen molar-refractivity contribution in [2.45, 2.75) is 25.4 Å². The fourth-order valence-corrected chi connectivity index (χ4v) is 1.12. The second-order valence-corrected chi connectivity index (χ2v) is 4.95. The first-order chi connectivity index (χ1) is 5.75. The predicted octanol–water partition coefficient (Wildman–Crippen LogP) is 0.974. The maximum atomic E-state index is 10.6. The number of hydrogen-bond donors (Lipinski definition) is 3. The molecule has 0 aliphatic carbocycles. The first-order valence-corrected chi connectivity index (χ1v) is 5.39. The lowest BCUT2D eigenvalue weighted by Gasteiger charge is -2.12. The molecule has 13 heavy (non-hydrogen) atoms. The third kappa shape index (κ3) is 4.83. The van der Waals surface area contributed by atoms with Crippen LogP contribution in [0.2, 0.25) is 0 Å². The Morgan fingerprint density at radius 1 is 1.54 bits per heavy atom. The Balaban J connectivity index is 3.98. The summed E-state index contributed by atoms with van der Waals surface area (Å²) < 4.78 is 10.6. The molecule has 0 fully saturated rings. The normalized spacial score (nSPS) is 13.8. The molecule has 0 aliphatic rings. The van der Waals surface area contributed by atoms with Gasteiger partial charge in [-0.1, -0.05) is 13.5 Å². The quantitative estimate of drug-likeness (QED) is 0.462. The summed E-state index contributed by atoms with van der Waals surface area (Å²) in [5.41, 5.74) is -0.844. The van der Waals surface area contributed by atoms with Gasteiger partial charge in [0, 0.05) is 5.57 Å². The third-order valence-corrected chi connectivity index (χ3v) is 3.15. The highest BCUT2D eigenvalue weighted by molar-refractivity contribution is 7.52. The Morgan fingerprint density at radius 3 is 2.31 bits per heavy atom. The van der Waals surface area contributed by atoms with Crippen molar-refractivity contribution < 1.29 is 24.3 Å². The summed E-state index contributed by atoms with van der Waals surface area (Å²) in [6.07, 6.45) is 0.233. The first kappa shape index (κ1) is 12.4. The van der Waals surface area contributed by atoms with E-state index in [-0.39, 0.29) is 18.4 Å². The average molecular weight is 208 g/mol. The fraction of sp³-hybridized carbons (Fsp3) is 0.571. The van der Waals surface area contributed by atoms with Crippen LogP contribution in [0.25, 0.3) is 0 Å². The van der Waals surface area contributed by atoms with E-state index in [1.807, 2.05) is 0 Å². The van der Waals surface area contributed by atoms with Crippen LogP contribution in [-0.2, 0) is 9.36 Å². The number of carbonyl (C=O) groups is 1. The molecule has 1 unspecified atom stereocenters. The molecule has 0 radical (unpaired) electrons. The molecule has 0 amide bonds. The van der Waals surface area contributed by atoms with E-state index < -0.39 is 19.2 Å². The highest BCUT2D eigenvalue weighted by Gasteiger charge is 2.23. The second-order valence-electron chi connectivity index (χ2n) is 2.89. The van der Waals surface area contributed by atoms with Gasteiger partial charge in [-0.3, -0.25) is 4.57 Å². The summed E-state index contributed by atoms with van der Waals surface area (Å²) in [6.45, 7) is 4.64. The van der Waals surface area contributed by atoms with Crippen molar-refractivity contribution in [2.24, 2.45) is 0 Å². The number of aliphatic carboxylic acids is 1. The van der Waals surface area contributed by atoms with E-state index in [9.17, 15) is 9.36 Å². The molecule has 0 spiro atoms. The molecule has 0 aromatic heterocycles. The van der Waals surface area contributed by atoms with Crippen molar-refractivity contribution in [3.63, 3.8) is 0 Å². The van der Waals surface area contributed by atoms with E-state index in [0.29, 0.717) is 0 Å². The van der Waals surface area contributed by atoms with Gasteiger partial charge in [-0.15, -0.1) is 0 Å². The lowest BCUT2D eigenvalue weighted by atomic mass is 10.1. The summed E-state index contributed by atoms with van der Waals surface area (Å²) in [5, 5.41) is 8.40. The van der Waals surface area contributed by atoms with E-state index in [1.54, 1.807) is 0 Å². The minimum Gasteiger partial charge on any atom is -0.478 e. The minimum atomic E-state index is -4.08. The maximum absolute atomic E-state index is 10.6. The zero-order valence-corrected chi connectivity index (χ0v) is 8.20. The van der Waals surface area contributed by atoms with Gasteiger partial charge in [0.05, 0.1) is 5.66 Å². The number of rotatable bonds is 5. The Kier molecular flexibility index (Phi) is 4.33. The largest absolute Gasteiger partial charge is 0.478 e. The average Bonchev–Trinajstić information content (AvgIpc) is 1.97. The van der Waals surface area contributed by atoms with Crippen LogP contribution in [0.15, 0.2) is 12.2 Å². The van der Waals surface area contributed by atoms with Gasteiger partial charge >= 0.3 is 13.6 Å². The van der Waals surface area contributed by atoms with Crippen LogP contribution in [-0.4, -0.2) is 26.5 Å². The zero-order valence-electron chi connectivity index (χ0n) is 7.30. The summed E-state index contributed by atoms with van der Waals surface area (Å²) in [7, 11) is -4.08. The van der Waals surface area contributed by atoms with Crippen molar-refractivity contribution >= 4 is 13.6 Å². The molecule has 76 valence electrons. The molecule has 0 aliphatic heterocycles. The lowest BCUT2D eigenvalue weighted by Crippen LogP contribution is -2.06. The minimum absolute atomic E-state index is 0.0275. The van der Waals surface area contributed by atoms with Gasteiger partial charge in [-0.05, 0) is 12.8 Å². The first-order valence-electron chi connectivity index (χ1n) is 3.71. The molecule has 0 rings (SSSR count). The smallest absolute Gasteiger partial charge is 0.330 e. The Labute approximate surface area is 76.2 Å². The van der Waals surface area contributed by atoms with Crippen LogP contribution in [0.4, 0.5) is 0 Å². The highest BCUT2D eigenvalue weighted by Crippen LogP contribution is 2.43. The van der Waals surface area contributed by atoms with Crippen LogP contribution >= 0.6 is 7.60 Å². The van der Waals surface area contributed by atoms with Gasteiger partial charge in [-0.2, -0.15) is 0 Å². The molecule has 0 heterocycles. The molecule has 0 saturated heterocycles. The van der Waals surface area contributed by atoms with Crippen molar-refractivity contribution in [2.75, 3.05) is 0 Å². The molecule has 0 bridgehead atoms. The topological polar surface area (TPSA) is 94.8 Å². The fourth-order valence-electron chi connectivity index (χ4n) is 0.658. The van der Waals surface area contributed by atoms with Crippen molar-refractivity contribution in [1.29, 1.82) is 0 Å². The molecule has 0 aromatic rings. The Bertz CT molecular complexity index is 254. The third-order valence-electron chi connectivity index (χ3n) is 1.74. The van der Waals surface area contributed by atoms with Crippen LogP contribution in [0.1, 0.15) is 19.8 Å². The van der Waals surface area contributed by atoms with Crippen LogP contribution in [0.5, 0.6) is 0 Å². The standard InChI is InChI=1S/C7H13O5P/c1-5(7(8)9)3-4-6(2)13(10,11)12/h6H,1,3-4H2,2H3,(H,8,9)(H2,10,11,12). The number of hydrogen-bond acceptors (Lipinski definition) is 2. The van der Waals surface area contributed by atoms with Gasteiger partial charge in [-0.25, -0.2) is 4.79 Å². The van der Waals surface area contributed by atoms with Gasteiger partial charge in [0.1, 0.15) is 0 Å². The van der Waals surface area contributed by atoms with E-state index in [4.69, 9.17) is 14.9 Å². The van der Waals surface area contributed by atoms with E-state index in [1.165, 1.54) is 6.92 Å². The molecule has 0 aromatic carbocycles. The van der Waals surface area contributed by atoms with Crippen LogP contribution in [0.3, 0.4) is 0 Å². The monoisotopic (exact) mass is 208 g/mol. The number of carboxylic acids is 1. The molecular formula is C7H13O5P. The van der Waals surface area contributed by atoms with E-state index >= 15 is 0 Å². The molecule has 1 atom stereocenters. The van der Waals surface area contributed by atoms with Gasteiger partial charge in [0.15, 0.2) is 0 Å². The zero-order chi connectivity index (χ0) is 10.6. The van der Waals surface area contributed by atoms with Crippen molar-refractivity contribution in [1.82, 2.24) is 0 Å². The molecular weight excluding hydrogens is 195 g/mol. The molecule has 3 N–H and O–H groups in total. The summed E-state index contributed by atoms with van der Waals surface area (Å²) >= 11 is 0. The SMILES string of the molecule is C=C(CCC(C)P(=O)(O)O)C(=O)O. The van der Waals surface area contributed by atoms with Gasteiger partial charge < -0.3 is 14.9 Å². The summed E-state index contributed by atoms with van der Waals surface area (Å²) in [4.78, 5) is 27.6. The van der Waals surface area contributed by atoms with Crippen molar-refractivity contribution in [3.05, 3.63) is 12.2 Å². The predicted molar refractivity (Wildman–Crippen MR) is 47.5 cm³/mol. The van der Waals surface area contributed by atoms with Gasteiger partial charge in [0.2, 0.25) is 0 Å². The van der Waals surface area contributed by atoms with Crippen LogP contribution in [0, 0.1) is 0 Å². The van der Waals surface area contributed by atoms with Crippen molar-refractivity contribution in [3.8, 4) is 0 Å². The van der Waals surface area contributed by atoms with Gasteiger partial charge in [0.25, 0.3) is 0 Å². The van der Waals surface area contributed by atoms with Crippen LogP contribution < -0.4 is 0 Å². The summed E-state index contributed by atoms with van der Waals surface area (Å²) in [6, 6.07) is 0. The Hall–Kier alpha value is -0.640. The van der Waals surface area contributed by atoms with E-state index in [2.05, 4.69) is 6.58 Å². The maximum Gasteiger partial charge on any atom is 0.330 e. The second kappa shape index (κ2) is 4.56. The molecule has 0 saturated carbocycles. The highest BCUT2D eigenvalue weighted by atomic mass is 31.2. The molecule has 5 nitrogen and oxygen atoms in total. The summed E-state index contributed by atoms with van der Waals surface area (Å²) in [5.74, 6) is -1.13. The molecule has 6 heteroatoms. The Morgan fingerprint density at radius 2 is 2.00 bits per heavy atom.